The number of benzene rings is 1. The van der Waals surface area contributed by atoms with Gasteiger partial charge in [-0.05, 0) is 5.56 Å². The molecule has 1 rings (SSSR count). The standard InChI is InChI=1S/C15H29N5/c16-6-7-17-8-9-18-10-11-19-12-13-20-14-15-4-2-1-3-5-15/h1-5,17-20H,6-14,16H2. The third kappa shape index (κ3) is 9.89. The molecular weight excluding hydrogens is 250 g/mol. The number of nitrogens with two attached hydrogens (primary N) is 1. The maximum absolute atomic E-state index is 5.39. The molecule has 5 heteroatoms. The van der Waals surface area contributed by atoms with Gasteiger partial charge in [-0.15, -0.1) is 0 Å². The minimum absolute atomic E-state index is 0.706. The molecule has 1 aromatic rings. The van der Waals surface area contributed by atoms with Crippen molar-refractivity contribution >= 4 is 0 Å². The van der Waals surface area contributed by atoms with Crippen LogP contribution < -0.4 is 27.0 Å². The van der Waals surface area contributed by atoms with E-state index in [1.165, 1.54) is 5.56 Å². The summed E-state index contributed by atoms with van der Waals surface area (Å²) in [5.74, 6) is 0. The second-order valence-electron chi connectivity index (χ2n) is 4.70. The van der Waals surface area contributed by atoms with Gasteiger partial charge >= 0.3 is 0 Å². The average molecular weight is 279 g/mol. The molecule has 0 amide bonds. The van der Waals surface area contributed by atoms with Crippen molar-refractivity contribution < 1.29 is 0 Å². The summed E-state index contributed by atoms with van der Waals surface area (Å²) in [5, 5.41) is 13.5. The zero-order chi connectivity index (χ0) is 14.3. The van der Waals surface area contributed by atoms with E-state index >= 15 is 0 Å². The van der Waals surface area contributed by atoms with E-state index < -0.39 is 0 Å². The summed E-state index contributed by atoms with van der Waals surface area (Å²) in [7, 11) is 0. The molecule has 0 aliphatic heterocycles. The van der Waals surface area contributed by atoms with E-state index in [2.05, 4.69) is 45.5 Å². The largest absolute Gasteiger partial charge is 0.329 e. The molecule has 0 atom stereocenters. The monoisotopic (exact) mass is 279 g/mol. The molecule has 5 nitrogen and oxygen atoms in total. The first-order valence-electron chi connectivity index (χ1n) is 7.50. The predicted octanol–water partition coefficient (Wildman–Crippen LogP) is -0.496. The number of hydrogen-bond donors (Lipinski definition) is 5. The minimum Gasteiger partial charge on any atom is -0.329 e. The lowest BCUT2D eigenvalue weighted by Gasteiger charge is -2.08. The highest BCUT2D eigenvalue weighted by Crippen LogP contribution is 1.96. The van der Waals surface area contributed by atoms with Crippen molar-refractivity contribution in [1.82, 2.24) is 21.3 Å². The van der Waals surface area contributed by atoms with Gasteiger partial charge in [0.05, 0.1) is 0 Å². The Morgan fingerprint density at radius 2 is 1.15 bits per heavy atom. The molecule has 0 fully saturated rings. The van der Waals surface area contributed by atoms with Gasteiger partial charge in [-0.1, -0.05) is 30.3 Å². The summed E-state index contributed by atoms with van der Waals surface area (Å²) >= 11 is 0. The lowest BCUT2D eigenvalue weighted by Crippen LogP contribution is -2.35. The van der Waals surface area contributed by atoms with Crippen molar-refractivity contribution in [2.75, 3.05) is 52.4 Å². The van der Waals surface area contributed by atoms with Gasteiger partial charge in [0.2, 0.25) is 0 Å². The van der Waals surface area contributed by atoms with E-state index in [1.807, 2.05) is 6.07 Å². The molecule has 0 unspecified atom stereocenters. The molecule has 0 radical (unpaired) electrons. The normalized spacial score (nSPS) is 10.8. The van der Waals surface area contributed by atoms with Crippen LogP contribution in [0.5, 0.6) is 0 Å². The Hall–Kier alpha value is -0.980. The summed E-state index contributed by atoms with van der Waals surface area (Å²) in [5.41, 5.74) is 6.72. The fourth-order valence-electron chi connectivity index (χ4n) is 1.84. The molecule has 1 aromatic carbocycles. The van der Waals surface area contributed by atoms with E-state index in [1.54, 1.807) is 0 Å². The maximum Gasteiger partial charge on any atom is 0.0206 e. The zero-order valence-electron chi connectivity index (χ0n) is 12.3. The Labute approximate surface area is 122 Å². The van der Waals surface area contributed by atoms with Crippen molar-refractivity contribution in [1.29, 1.82) is 0 Å². The van der Waals surface area contributed by atoms with Crippen LogP contribution in [0.25, 0.3) is 0 Å². The van der Waals surface area contributed by atoms with Crippen LogP contribution in [0.1, 0.15) is 5.56 Å². The predicted molar refractivity (Wildman–Crippen MR) is 85.8 cm³/mol. The molecule has 6 N–H and O–H groups in total. The molecule has 0 saturated carbocycles. The molecule has 0 aliphatic rings. The average Bonchev–Trinajstić information content (AvgIpc) is 2.49. The Morgan fingerprint density at radius 3 is 1.70 bits per heavy atom. The highest BCUT2D eigenvalue weighted by Gasteiger charge is 1.91. The third-order valence-electron chi connectivity index (χ3n) is 2.93. The van der Waals surface area contributed by atoms with E-state index in [9.17, 15) is 0 Å². The number of nitrogens with one attached hydrogen (secondary N) is 4. The van der Waals surface area contributed by atoms with E-state index in [4.69, 9.17) is 5.73 Å². The van der Waals surface area contributed by atoms with E-state index in [0.29, 0.717) is 6.54 Å². The van der Waals surface area contributed by atoms with Gasteiger partial charge in [-0.25, -0.2) is 0 Å². The summed E-state index contributed by atoms with van der Waals surface area (Å²) in [6.45, 7) is 8.52. The highest BCUT2D eigenvalue weighted by molar-refractivity contribution is 5.14. The molecule has 0 aliphatic carbocycles. The molecule has 0 bridgehead atoms. The zero-order valence-corrected chi connectivity index (χ0v) is 12.3. The first-order chi connectivity index (χ1) is 9.93. The fourth-order valence-corrected chi connectivity index (χ4v) is 1.84. The number of hydrogen-bond acceptors (Lipinski definition) is 5. The van der Waals surface area contributed by atoms with E-state index in [0.717, 1.165) is 52.4 Å². The number of rotatable bonds is 13. The van der Waals surface area contributed by atoms with Gasteiger partial charge in [0, 0.05) is 58.9 Å². The van der Waals surface area contributed by atoms with Crippen LogP contribution >= 0.6 is 0 Å². The van der Waals surface area contributed by atoms with Gasteiger partial charge < -0.3 is 27.0 Å². The molecule has 114 valence electrons. The van der Waals surface area contributed by atoms with Gasteiger partial charge in [0.15, 0.2) is 0 Å². The maximum atomic E-state index is 5.39. The van der Waals surface area contributed by atoms with Crippen LogP contribution in [0, 0.1) is 0 Å². The minimum atomic E-state index is 0.706. The second kappa shape index (κ2) is 13.0. The smallest absolute Gasteiger partial charge is 0.0206 e. The highest BCUT2D eigenvalue weighted by atomic mass is 15.0. The van der Waals surface area contributed by atoms with Crippen LogP contribution in [-0.2, 0) is 6.54 Å². The van der Waals surface area contributed by atoms with Gasteiger partial charge in [-0.2, -0.15) is 0 Å². The van der Waals surface area contributed by atoms with Crippen molar-refractivity contribution in [2.45, 2.75) is 6.54 Å². The second-order valence-corrected chi connectivity index (χ2v) is 4.70. The van der Waals surface area contributed by atoms with Crippen molar-refractivity contribution in [3.8, 4) is 0 Å². The van der Waals surface area contributed by atoms with Crippen molar-refractivity contribution in [3.05, 3.63) is 35.9 Å². The fraction of sp³-hybridized carbons (Fsp3) is 0.600. The Bertz CT molecular complexity index is 304. The van der Waals surface area contributed by atoms with Crippen LogP contribution in [0.2, 0.25) is 0 Å². The Balaban J connectivity index is 1.77. The Kier molecular flexibility index (Phi) is 11.1. The lowest BCUT2D eigenvalue weighted by molar-refractivity contribution is 0.567. The first kappa shape index (κ1) is 17.1. The third-order valence-corrected chi connectivity index (χ3v) is 2.93. The van der Waals surface area contributed by atoms with Crippen LogP contribution in [0.4, 0.5) is 0 Å². The first-order valence-corrected chi connectivity index (χ1v) is 7.50. The van der Waals surface area contributed by atoms with Crippen molar-refractivity contribution in [3.63, 3.8) is 0 Å². The summed E-state index contributed by atoms with van der Waals surface area (Å²) in [4.78, 5) is 0. The Morgan fingerprint density at radius 1 is 0.650 bits per heavy atom. The molecule has 0 saturated heterocycles. The van der Waals surface area contributed by atoms with Gasteiger partial charge in [-0.3, -0.25) is 0 Å². The van der Waals surface area contributed by atoms with Crippen LogP contribution in [0.15, 0.2) is 30.3 Å². The van der Waals surface area contributed by atoms with Crippen LogP contribution in [0.3, 0.4) is 0 Å². The summed E-state index contributed by atoms with van der Waals surface area (Å²) in [6.07, 6.45) is 0. The summed E-state index contributed by atoms with van der Waals surface area (Å²) < 4.78 is 0. The lowest BCUT2D eigenvalue weighted by atomic mass is 10.2. The van der Waals surface area contributed by atoms with Gasteiger partial charge in [0.25, 0.3) is 0 Å². The molecule has 0 heterocycles. The molecule has 20 heavy (non-hydrogen) atoms. The summed E-state index contributed by atoms with van der Waals surface area (Å²) in [6, 6.07) is 10.5. The van der Waals surface area contributed by atoms with E-state index in [-0.39, 0.29) is 0 Å². The van der Waals surface area contributed by atoms with Crippen molar-refractivity contribution in [2.24, 2.45) is 5.73 Å². The SMILES string of the molecule is NCCNCCNCCNCCNCc1ccccc1. The molecule has 0 spiro atoms. The molecular formula is C15H29N5. The van der Waals surface area contributed by atoms with Crippen LogP contribution in [-0.4, -0.2) is 52.4 Å². The topological polar surface area (TPSA) is 74.1 Å². The quantitative estimate of drug-likeness (QED) is 0.315. The molecule has 0 aromatic heterocycles. The van der Waals surface area contributed by atoms with Gasteiger partial charge in [0.1, 0.15) is 0 Å².